The van der Waals surface area contributed by atoms with E-state index in [1.807, 2.05) is 41.8 Å². The number of hydrogen-bond acceptors (Lipinski definition) is 4. The van der Waals surface area contributed by atoms with Crippen LogP contribution in [0.25, 0.3) is 5.65 Å². The number of carbonyl (C=O) groups is 2. The van der Waals surface area contributed by atoms with Crippen LogP contribution >= 0.6 is 0 Å². The minimum absolute atomic E-state index is 0.00483. The number of fused-ring (bicyclic) bond motifs is 1. The fourth-order valence-corrected chi connectivity index (χ4v) is 3.44. The van der Waals surface area contributed by atoms with Gasteiger partial charge in [-0.15, -0.1) is 0 Å². The molecule has 4 heterocycles. The van der Waals surface area contributed by atoms with Crippen molar-refractivity contribution in [1.29, 1.82) is 0 Å². The van der Waals surface area contributed by atoms with Crippen molar-refractivity contribution in [3.8, 4) is 0 Å². The fraction of sp³-hybridized carbons (Fsp3) is 0.263. The summed E-state index contributed by atoms with van der Waals surface area (Å²) < 4.78 is 1.81. The molecular formula is C19H19N5O2. The van der Waals surface area contributed by atoms with Gasteiger partial charge in [-0.1, -0.05) is 6.07 Å². The van der Waals surface area contributed by atoms with Gasteiger partial charge < -0.3 is 14.6 Å². The number of carbonyl (C=O) groups excluding carboxylic acids is 2. The molecule has 26 heavy (non-hydrogen) atoms. The number of amides is 2. The van der Waals surface area contributed by atoms with Crippen LogP contribution in [-0.2, 0) is 4.79 Å². The molecule has 132 valence electrons. The largest absolute Gasteiger partial charge is 0.345 e. The molecule has 3 aromatic rings. The second-order valence-corrected chi connectivity index (χ2v) is 6.62. The molecule has 0 aliphatic carbocycles. The number of imidazole rings is 1. The molecule has 0 unspecified atom stereocenters. The van der Waals surface area contributed by atoms with E-state index >= 15 is 0 Å². The van der Waals surface area contributed by atoms with Crippen LogP contribution in [0.5, 0.6) is 0 Å². The third-order valence-corrected chi connectivity index (χ3v) is 4.78. The standard InChI is InChI=1S/C19H19N5O2/c1-12-5-7-24-11-15(21-16(24)8-12)19(26)22-14-9-17(25)23(2)18(14)13-4-3-6-20-10-13/h3-8,10-11,14,18H,9H2,1-2H3,(H,22,26)/t14-,18+/m1/s1. The van der Waals surface area contributed by atoms with E-state index in [1.54, 1.807) is 30.5 Å². The number of likely N-dealkylation sites (tertiary alicyclic amines) is 1. The molecule has 4 rings (SSSR count). The first kappa shape index (κ1) is 16.3. The number of nitrogens with one attached hydrogen (secondary N) is 1. The number of pyridine rings is 2. The van der Waals surface area contributed by atoms with Crippen molar-refractivity contribution in [1.82, 2.24) is 24.6 Å². The molecule has 1 aliphatic rings. The lowest BCUT2D eigenvalue weighted by atomic mass is 10.0. The normalized spacial score (nSPS) is 19.9. The van der Waals surface area contributed by atoms with E-state index in [0.717, 1.165) is 16.8 Å². The Balaban J connectivity index is 1.59. The zero-order valence-corrected chi connectivity index (χ0v) is 14.6. The summed E-state index contributed by atoms with van der Waals surface area (Å²) in [5, 5.41) is 2.98. The molecule has 7 heteroatoms. The van der Waals surface area contributed by atoms with E-state index in [0.29, 0.717) is 5.69 Å². The van der Waals surface area contributed by atoms with Crippen LogP contribution < -0.4 is 5.32 Å². The topological polar surface area (TPSA) is 79.6 Å². The van der Waals surface area contributed by atoms with Crippen molar-refractivity contribution < 1.29 is 9.59 Å². The molecule has 3 aromatic heterocycles. The number of aryl methyl sites for hydroxylation is 1. The van der Waals surface area contributed by atoms with E-state index < -0.39 is 0 Å². The Hall–Kier alpha value is -3.22. The van der Waals surface area contributed by atoms with Crippen molar-refractivity contribution in [2.75, 3.05) is 7.05 Å². The summed E-state index contributed by atoms with van der Waals surface area (Å²) in [4.78, 5) is 35.1. The Kier molecular flexibility index (Phi) is 3.91. The van der Waals surface area contributed by atoms with Crippen molar-refractivity contribution in [3.63, 3.8) is 0 Å². The number of likely N-dealkylation sites (N-methyl/N-ethyl adjacent to an activating group) is 1. The fourth-order valence-electron chi connectivity index (χ4n) is 3.44. The second kappa shape index (κ2) is 6.25. The molecule has 1 saturated heterocycles. The van der Waals surface area contributed by atoms with E-state index in [9.17, 15) is 9.59 Å². The van der Waals surface area contributed by atoms with Gasteiger partial charge in [-0.2, -0.15) is 0 Å². The van der Waals surface area contributed by atoms with E-state index in [-0.39, 0.29) is 30.3 Å². The number of aromatic nitrogens is 3. The maximum atomic E-state index is 12.7. The maximum absolute atomic E-state index is 12.7. The lowest BCUT2D eigenvalue weighted by molar-refractivity contribution is -0.127. The highest BCUT2D eigenvalue weighted by molar-refractivity contribution is 5.94. The van der Waals surface area contributed by atoms with Crippen LogP contribution in [0.3, 0.4) is 0 Å². The van der Waals surface area contributed by atoms with E-state index in [2.05, 4.69) is 15.3 Å². The lowest BCUT2D eigenvalue weighted by Gasteiger charge is -2.25. The van der Waals surface area contributed by atoms with Crippen molar-refractivity contribution in [2.24, 2.45) is 0 Å². The Bertz CT molecular complexity index is 982. The molecule has 0 spiro atoms. The summed E-state index contributed by atoms with van der Waals surface area (Å²) in [5.74, 6) is -0.289. The Labute approximate surface area is 150 Å². The Morgan fingerprint density at radius 2 is 2.19 bits per heavy atom. The average Bonchev–Trinajstić information content (AvgIpc) is 3.16. The lowest BCUT2D eigenvalue weighted by Crippen LogP contribution is -2.39. The van der Waals surface area contributed by atoms with Gasteiger partial charge in [0.05, 0.1) is 12.1 Å². The molecule has 1 N–H and O–H groups in total. The highest BCUT2D eigenvalue weighted by atomic mass is 16.2. The van der Waals surface area contributed by atoms with Crippen LogP contribution in [0.15, 0.2) is 49.1 Å². The number of nitrogens with zero attached hydrogens (tertiary/aromatic N) is 4. The smallest absolute Gasteiger partial charge is 0.271 e. The molecule has 0 bridgehead atoms. The third kappa shape index (κ3) is 2.81. The minimum atomic E-state index is -0.323. The van der Waals surface area contributed by atoms with Gasteiger partial charge >= 0.3 is 0 Å². The van der Waals surface area contributed by atoms with Gasteiger partial charge in [-0.3, -0.25) is 14.6 Å². The van der Waals surface area contributed by atoms with Crippen LogP contribution in [0, 0.1) is 6.92 Å². The predicted octanol–water partition coefficient (Wildman–Crippen LogP) is 1.74. The molecule has 0 saturated carbocycles. The van der Waals surface area contributed by atoms with Crippen LogP contribution in [0.4, 0.5) is 0 Å². The third-order valence-electron chi connectivity index (χ3n) is 4.78. The molecule has 1 fully saturated rings. The quantitative estimate of drug-likeness (QED) is 0.781. The molecule has 0 aromatic carbocycles. The summed E-state index contributed by atoms with van der Waals surface area (Å²) in [5.41, 5.74) is 3.03. The number of hydrogen-bond donors (Lipinski definition) is 1. The zero-order valence-electron chi connectivity index (χ0n) is 14.6. The Morgan fingerprint density at radius 1 is 1.35 bits per heavy atom. The molecule has 0 radical (unpaired) electrons. The molecule has 2 atom stereocenters. The SMILES string of the molecule is Cc1ccn2cc(C(=O)N[C@@H]3CC(=O)N(C)[C@H]3c3cccnc3)nc2c1. The first-order valence-corrected chi connectivity index (χ1v) is 8.45. The van der Waals surface area contributed by atoms with Crippen LogP contribution in [0.1, 0.15) is 34.1 Å². The van der Waals surface area contributed by atoms with E-state index in [1.165, 1.54) is 0 Å². The number of rotatable bonds is 3. The highest BCUT2D eigenvalue weighted by Crippen LogP contribution is 2.31. The zero-order chi connectivity index (χ0) is 18.3. The summed E-state index contributed by atoms with van der Waals surface area (Å²) in [7, 11) is 1.75. The molecular weight excluding hydrogens is 330 g/mol. The molecule has 7 nitrogen and oxygen atoms in total. The summed E-state index contributed by atoms with van der Waals surface area (Å²) in [6.45, 7) is 1.98. The van der Waals surface area contributed by atoms with Crippen molar-refractivity contribution in [3.05, 3.63) is 65.9 Å². The van der Waals surface area contributed by atoms with Gasteiger partial charge in [0.25, 0.3) is 5.91 Å². The summed E-state index contributed by atoms with van der Waals surface area (Å²) in [6, 6.07) is 7.06. The monoisotopic (exact) mass is 349 g/mol. The van der Waals surface area contributed by atoms with Gasteiger partial charge in [0.2, 0.25) is 5.91 Å². The molecule has 2 amide bonds. The summed E-state index contributed by atoms with van der Waals surface area (Å²) in [6.07, 6.45) is 7.25. The predicted molar refractivity (Wildman–Crippen MR) is 95.5 cm³/mol. The van der Waals surface area contributed by atoms with Gasteiger partial charge in [-0.25, -0.2) is 4.98 Å². The average molecular weight is 349 g/mol. The van der Waals surface area contributed by atoms with Crippen LogP contribution in [-0.4, -0.2) is 44.2 Å². The van der Waals surface area contributed by atoms with Crippen molar-refractivity contribution >= 4 is 17.5 Å². The highest BCUT2D eigenvalue weighted by Gasteiger charge is 2.39. The first-order valence-electron chi connectivity index (χ1n) is 8.45. The first-order chi connectivity index (χ1) is 12.5. The molecule has 1 aliphatic heterocycles. The summed E-state index contributed by atoms with van der Waals surface area (Å²) >= 11 is 0. The van der Waals surface area contributed by atoms with Crippen molar-refractivity contribution in [2.45, 2.75) is 25.4 Å². The minimum Gasteiger partial charge on any atom is -0.345 e. The Morgan fingerprint density at radius 3 is 2.96 bits per heavy atom. The van der Waals surface area contributed by atoms with Gasteiger partial charge in [0, 0.05) is 38.3 Å². The van der Waals surface area contributed by atoms with Gasteiger partial charge in [0.1, 0.15) is 11.3 Å². The maximum Gasteiger partial charge on any atom is 0.271 e. The second-order valence-electron chi connectivity index (χ2n) is 6.62. The van der Waals surface area contributed by atoms with Crippen LogP contribution in [0.2, 0.25) is 0 Å². The van der Waals surface area contributed by atoms with E-state index in [4.69, 9.17) is 0 Å². The van der Waals surface area contributed by atoms with Gasteiger partial charge in [-0.05, 0) is 36.2 Å². The van der Waals surface area contributed by atoms with Gasteiger partial charge in [0.15, 0.2) is 0 Å².